The first-order valence-corrected chi connectivity index (χ1v) is 13.7. The van der Waals surface area contributed by atoms with Gasteiger partial charge in [0.15, 0.2) is 0 Å². The number of amides is 1. The van der Waals surface area contributed by atoms with Crippen LogP contribution in [0.25, 0.3) is 6.08 Å². The molecule has 194 valence electrons. The van der Waals surface area contributed by atoms with Crippen molar-refractivity contribution in [2.24, 2.45) is 0 Å². The van der Waals surface area contributed by atoms with E-state index in [-0.39, 0.29) is 23.6 Å². The fourth-order valence-corrected chi connectivity index (χ4v) is 6.16. The summed E-state index contributed by atoms with van der Waals surface area (Å²) in [5, 5.41) is 9.83. The Bertz CT molecular complexity index is 1500. The number of thiocarbonyl (C=S) groups is 1. The van der Waals surface area contributed by atoms with Crippen LogP contribution < -0.4 is 15.4 Å². The fourth-order valence-electron chi connectivity index (χ4n) is 4.92. The van der Waals surface area contributed by atoms with Gasteiger partial charge in [-0.2, -0.15) is 5.26 Å². The number of piperazine rings is 1. The van der Waals surface area contributed by atoms with Crippen LogP contribution >= 0.6 is 24.0 Å². The van der Waals surface area contributed by atoms with Crippen LogP contribution in [0.1, 0.15) is 29.4 Å². The maximum Gasteiger partial charge on any atom is 0.270 e. The van der Waals surface area contributed by atoms with Crippen molar-refractivity contribution in [3.63, 3.8) is 0 Å². The molecule has 2 aliphatic rings. The Hall–Kier alpha value is -3.81. The number of nitrogens with zero attached hydrogens (tertiary/aromatic N) is 5. The highest BCUT2D eigenvalue weighted by atomic mass is 32.2. The highest BCUT2D eigenvalue weighted by Gasteiger charge is 2.34. The number of carbonyl (C=O) groups is 1. The van der Waals surface area contributed by atoms with Crippen molar-refractivity contribution < 1.29 is 9.21 Å². The molecule has 2 aromatic heterocycles. The SMILES string of the molecule is CCn1c(N2CCN(c3ccccc3)CC2)c(C=C2SC(=S)N(Cc3ccco3)C2=O)c(C)c(C#N)c1=O. The molecule has 1 aromatic carbocycles. The Balaban J connectivity index is 1.53. The minimum atomic E-state index is -0.310. The van der Waals surface area contributed by atoms with Gasteiger partial charge in [0.2, 0.25) is 0 Å². The van der Waals surface area contributed by atoms with Crippen LogP contribution in [0.2, 0.25) is 0 Å². The second-order valence-corrected chi connectivity index (χ2v) is 10.7. The molecule has 3 aromatic rings. The number of hydrogen-bond acceptors (Lipinski definition) is 8. The Kier molecular flexibility index (Phi) is 7.40. The number of aromatic nitrogens is 1. The van der Waals surface area contributed by atoms with Crippen molar-refractivity contribution in [1.29, 1.82) is 5.26 Å². The van der Waals surface area contributed by atoms with Crippen molar-refractivity contribution in [1.82, 2.24) is 9.47 Å². The first kappa shape index (κ1) is 25.8. The molecule has 2 saturated heterocycles. The third-order valence-electron chi connectivity index (χ3n) is 6.91. The van der Waals surface area contributed by atoms with E-state index in [1.165, 1.54) is 16.7 Å². The van der Waals surface area contributed by atoms with E-state index in [2.05, 4.69) is 28.0 Å². The monoisotopic (exact) mass is 545 g/mol. The lowest BCUT2D eigenvalue weighted by Gasteiger charge is -2.39. The average molecular weight is 546 g/mol. The molecule has 2 fully saturated rings. The molecular formula is C28H27N5O3S2. The molecule has 0 atom stereocenters. The van der Waals surface area contributed by atoms with Crippen LogP contribution in [-0.4, -0.2) is 45.9 Å². The summed E-state index contributed by atoms with van der Waals surface area (Å²) in [7, 11) is 0. The third kappa shape index (κ3) is 4.75. The summed E-state index contributed by atoms with van der Waals surface area (Å²) in [4.78, 5) is 33.2. The topological polar surface area (TPSA) is 85.7 Å². The first-order valence-electron chi connectivity index (χ1n) is 12.4. The lowest BCUT2D eigenvalue weighted by molar-refractivity contribution is -0.122. The lowest BCUT2D eigenvalue weighted by atomic mass is 10.0. The number of thioether (sulfide) groups is 1. The number of nitriles is 1. The molecule has 0 saturated carbocycles. The molecule has 0 unspecified atom stereocenters. The summed E-state index contributed by atoms with van der Waals surface area (Å²) >= 11 is 6.74. The lowest BCUT2D eigenvalue weighted by Crippen LogP contribution is -2.48. The van der Waals surface area contributed by atoms with Crippen LogP contribution in [0.4, 0.5) is 11.5 Å². The average Bonchev–Trinajstić information content (AvgIpc) is 3.55. The van der Waals surface area contributed by atoms with E-state index < -0.39 is 0 Å². The quantitative estimate of drug-likeness (QED) is 0.334. The van der Waals surface area contributed by atoms with Crippen molar-refractivity contribution in [2.45, 2.75) is 26.9 Å². The van der Waals surface area contributed by atoms with Gasteiger partial charge in [-0.1, -0.05) is 42.2 Å². The molecule has 8 nitrogen and oxygen atoms in total. The predicted molar refractivity (Wildman–Crippen MR) is 154 cm³/mol. The highest BCUT2D eigenvalue weighted by Crippen LogP contribution is 2.37. The highest BCUT2D eigenvalue weighted by molar-refractivity contribution is 8.26. The van der Waals surface area contributed by atoms with E-state index in [9.17, 15) is 14.9 Å². The zero-order valence-corrected chi connectivity index (χ0v) is 22.8. The molecule has 1 amide bonds. The predicted octanol–water partition coefficient (Wildman–Crippen LogP) is 4.37. The Morgan fingerprint density at radius 3 is 2.42 bits per heavy atom. The van der Waals surface area contributed by atoms with Crippen LogP contribution in [0.15, 0.2) is 62.8 Å². The number of rotatable bonds is 6. The number of benzene rings is 1. The molecule has 0 aliphatic carbocycles. The van der Waals surface area contributed by atoms with E-state index >= 15 is 0 Å². The maximum atomic E-state index is 13.4. The van der Waals surface area contributed by atoms with Crippen molar-refractivity contribution in [2.75, 3.05) is 36.0 Å². The van der Waals surface area contributed by atoms with Gasteiger partial charge in [0.1, 0.15) is 27.5 Å². The molecule has 0 bridgehead atoms. The van der Waals surface area contributed by atoms with Crippen LogP contribution in [-0.2, 0) is 17.9 Å². The number of furan rings is 1. The minimum absolute atomic E-state index is 0.0934. The van der Waals surface area contributed by atoms with Gasteiger partial charge in [-0.3, -0.25) is 19.1 Å². The van der Waals surface area contributed by atoms with Gasteiger partial charge in [-0.15, -0.1) is 0 Å². The van der Waals surface area contributed by atoms with E-state index in [1.54, 1.807) is 36.0 Å². The summed E-state index contributed by atoms with van der Waals surface area (Å²) in [6, 6.07) is 15.9. The number of para-hydroxylation sites is 1. The number of pyridine rings is 1. The van der Waals surface area contributed by atoms with Gasteiger partial charge in [0.25, 0.3) is 11.5 Å². The molecule has 2 aliphatic heterocycles. The van der Waals surface area contributed by atoms with Gasteiger partial charge < -0.3 is 14.2 Å². The van der Waals surface area contributed by atoms with Gasteiger partial charge in [-0.05, 0) is 49.8 Å². The summed E-state index contributed by atoms with van der Waals surface area (Å²) in [6.07, 6.45) is 3.36. The molecular weight excluding hydrogens is 518 g/mol. The molecule has 0 spiro atoms. The smallest absolute Gasteiger partial charge is 0.270 e. The van der Waals surface area contributed by atoms with Gasteiger partial charge >= 0.3 is 0 Å². The number of hydrogen-bond donors (Lipinski definition) is 0. The van der Waals surface area contributed by atoms with Gasteiger partial charge in [0, 0.05) is 44.0 Å². The van der Waals surface area contributed by atoms with Crippen LogP contribution in [0.3, 0.4) is 0 Å². The first-order chi connectivity index (χ1) is 18.4. The number of carbonyl (C=O) groups excluding carboxylic acids is 1. The van der Waals surface area contributed by atoms with Crippen molar-refractivity contribution in [3.05, 3.63) is 86.4 Å². The Labute approximate surface area is 230 Å². The normalized spacial score (nSPS) is 17.0. The second-order valence-electron chi connectivity index (χ2n) is 9.06. The molecule has 0 radical (unpaired) electrons. The zero-order valence-electron chi connectivity index (χ0n) is 21.2. The summed E-state index contributed by atoms with van der Waals surface area (Å²) in [5.74, 6) is 1.16. The maximum absolute atomic E-state index is 13.4. The molecule has 4 heterocycles. The van der Waals surface area contributed by atoms with E-state index in [0.717, 1.165) is 24.6 Å². The standard InChI is InChI=1S/C28H27N5O3S2/c1-3-32-25(31-13-11-30(12-14-31)20-8-5-4-6-9-20)22(19(2)23(17-29)26(32)34)16-24-27(35)33(28(37)38-24)18-21-10-7-15-36-21/h4-10,15-16H,3,11-14,18H2,1-2H3. The van der Waals surface area contributed by atoms with Crippen molar-refractivity contribution >= 4 is 51.8 Å². The molecule has 0 N–H and O–H groups in total. The minimum Gasteiger partial charge on any atom is -0.467 e. The van der Waals surface area contributed by atoms with Crippen molar-refractivity contribution in [3.8, 4) is 6.07 Å². The fraction of sp³-hybridized carbons (Fsp3) is 0.286. The Morgan fingerprint density at radius 1 is 1.08 bits per heavy atom. The molecule has 10 heteroatoms. The van der Waals surface area contributed by atoms with E-state index in [1.807, 2.05) is 25.1 Å². The second kappa shape index (κ2) is 10.9. The largest absolute Gasteiger partial charge is 0.467 e. The Morgan fingerprint density at radius 2 is 1.79 bits per heavy atom. The van der Waals surface area contributed by atoms with Crippen LogP contribution in [0, 0.1) is 18.3 Å². The molecule has 5 rings (SSSR count). The van der Waals surface area contributed by atoms with E-state index in [0.29, 0.717) is 45.7 Å². The number of anilines is 2. The third-order valence-corrected chi connectivity index (χ3v) is 8.28. The van der Waals surface area contributed by atoms with Crippen LogP contribution in [0.5, 0.6) is 0 Å². The van der Waals surface area contributed by atoms with Gasteiger partial charge in [0.05, 0.1) is 17.7 Å². The van der Waals surface area contributed by atoms with E-state index in [4.69, 9.17) is 16.6 Å². The summed E-state index contributed by atoms with van der Waals surface area (Å²) in [5.41, 5.74) is 2.22. The van der Waals surface area contributed by atoms with Gasteiger partial charge in [-0.25, -0.2) is 0 Å². The molecule has 38 heavy (non-hydrogen) atoms. The summed E-state index contributed by atoms with van der Waals surface area (Å²) in [6.45, 7) is 7.28. The zero-order chi connectivity index (χ0) is 26.8. The summed E-state index contributed by atoms with van der Waals surface area (Å²) < 4.78 is 7.50.